The lowest BCUT2D eigenvalue weighted by atomic mass is 9.97. The number of hydrogen-bond donors (Lipinski definition) is 1. The van der Waals surface area contributed by atoms with Crippen molar-refractivity contribution in [3.05, 3.63) is 0 Å². The van der Waals surface area contributed by atoms with E-state index in [-0.39, 0.29) is 17.9 Å². The Morgan fingerprint density at radius 2 is 1.55 bits per heavy atom. The van der Waals surface area contributed by atoms with Gasteiger partial charge in [-0.15, -0.1) is 0 Å². The minimum absolute atomic E-state index is 0.105. The fourth-order valence-electron chi connectivity index (χ4n) is 1.16. The van der Waals surface area contributed by atoms with E-state index in [1.54, 1.807) is 0 Å². The lowest BCUT2D eigenvalue weighted by Crippen LogP contribution is -2.23. The molecule has 0 aromatic rings. The van der Waals surface area contributed by atoms with Gasteiger partial charge in [-0.3, -0.25) is 4.57 Å². The van der Waals surface area contributed by atoms with Crippen molar-refractivity contribution < 1.29 is 14.0 Å². The van der Waals surface area contributed by atoms with Gasteiger partial charge in [-0.05, 0) is 11.8 Å². The Balaban J connectivity index is 4.00. The van der Waals surface area contributed by atoms with Crippen LogP contribution in [0.2, 0.25) is 0 Å². The highest BCUT2D eigenvalue weighted by Gasteiger charge is 2.19. The zero-order valence-electron chi connectivity index (χ0n) is 7.50. The Morgan fingerprint density at radius 3 is 1.64 bits per heavy atom. The zero-order chi connectivity index (χ0) is 9.02. The molecule has 0 spiro atoms. The standard InChI is InChI=1S/C7H17O3P/c1-5(2)7(6(3)4)10-11(8)9/h5-7,11H,1-4H3,(H,8,9). The average molecular weight is 180 g/mol. The Labute approximate surface area is 68.7 Å². The molecule has 0 fully saturated rings. The molecule has 0 aromatic heterocycles. The summed E-state index contributed by atoms with van der Waals surface area (Å²) < 4.78 is 15.3. The third kappa shape index (κ3) is 4.57. The predicted molar refractivity (Wildman–Crippen MR) is 45.8 cm³/mol. The first-order chi connectivity index (χ1) is 4.95. The van der Waals surface area contributed by atoms with Crippen molar-refractivity contribution in [3.63, 3.8) is 0 Å². The van der Waals surface area contributed by atoms with E-state index in [1.807, 2.05) is 27.7 Å². The van der Waals surface area contributed by atoms with E-state index in [0.717, 1.165) is 0 Å². The zero-order valence-corrected chi connectivity index (χ0v) is 8.50. The summed E-state index contributed by atoms with van der Waals surface area (Å²) in [5.74, 6) is 0.576. The van der Waals surface area contributed by atoms with Crippen LogP contribution in [0, 0.1) is 11.8 Å². The summed E-state index contributed by atoms with van der Waals surface area (Å²) in [7, 11) is -2.77. The van der Waals surface area contributed by atoms with Gasteiger partial charge in [-0.2, -0.15) is 0 Å². The van der Waals surface area contributed by atoms with Crippen molar-refractivity contribution in [3.8, 4) is 0 Å². The molecule has 1 N–H and O–H groups in total. The van der Waals surface area contributed by atoms with Gasteiger partial charge in [-0.1, -0.05) is 27.7 Å². The van der Waals surface area contributed by atoms with Gasteiger partial charge < -0.3 is 9.42 Å². The van der Waals surface area contributed by atoms with Crippen molar-refractivity contribution in [1.29, 1.82) is 0 Å². The molecule has 3 nitrogen and oxygen atoms in total. The van der Waals surface area contributed by atoms with Crippen LogP contribution in [0.15, 0.2) is 0 Å². The molecule has 1 atom stereocenters. The molecule has 0 aliphatic carbocycles. The summed E-state index contributed by atoms with van der Waals surface area (Å²) in [6.45, 7) is 7.93. The molecule has 68 valence electrons. The quantitative estimate of drug-likeness (QED) is 0.673. The molecule has 1 unspecified atom stereocenters. The SMILES string of the molecule is CC(C)C(O[PH](=O)O)C(C)C. The van der Waals surface area contributed by atoms with E-state index in [2.05, 4.69) is 0 Å². The second-order valence-electron chi connectivity index (χ2n) is 3.34. The van der Waals surface area contributed by atoms with Gasteiger partial charge in [0.25, 0.3) is 0 Å². The fraction of sp³-hybridized carbons (Fsp3) is 1.00. The molecule has 0 saturated carbocycles. The van der Waals surface area contributed by atoms with Gasteiger partial charge in [0.05, 0.1) is 6.10 Å². The molecular formula is C7H17O3P. The van der Waals surface area contributed by atoms with Crippen LogP contribution in [-0.4, -0.2) is 11.0 Å². The molecule has 0 saturated heterocycles. The molecule has 11 heavy (non-hydrogen) atoms. The molecule has 0 rings (SSSR count). The summed E-state index contributed by atoms with van der Waals surface area (Å²) >= 11 is 0. The van der Waals surface area contributed by atoms with E-state index >= 15 is 0 Å². The van der Waals surface area contributed by atoms with Gasteiger partial charge in [0.1, 0.15) is 0 Å². The van der Waals surface area contributed by atoms with Crippen LogP contribution in [0.5, 0.6) is 0 Å². The lowest BCUT2D eigenvalue weighted by molar-refractivity contribution is 0.0998. The smallest absolute Gasteiger partial charge is 0.316 e. The van der Waals surface area contributed by atoms with Crippen LogP contribution in [0.1, 0.15) is 27.7 Å². The van der Waals surface area contributed by atoms with E-state index in [9.17, 15) is 4.57 Å². The van der Waals surface area contributed by atoms with Gasteiger partial charge in [0, 0.05) is 0 Å². The third-order valence-corrected chi connectivity index (χ3v) is 2.02. The molecular weight excluding hydrogens is 163 g/mol. The average Bonchev–Trinajstić information content (AvgIpc) is 1.81. The van der Waals surface area contributed by atoms with Crippen LogP contribution in [0.4, 0.5) is 0 Å². The summed E-state index contributed by atoms with van der Waals surface area (Å²) in [6.07, 6.45) is -0.105. The maximum Gasteiger partial charge on any atom is 0.316 e. The number of rotatable bonds is 4. The molecule has 0 bridgehead atoms. The van der Waals surface area contributed by atoms with Crippen molar-refractivity contribution in [2.45, 2.75) is 33.8 Å². The molecule has 0 aliphatic heterocycles. The summed E-state index contributed by atoms with van der Waals surface area (Å²) in [6, 6.07) is 0. The topological polar surface area (TPSA) is 46.5 Å². The number of hydrogen-bond acceptors (Lipinski definition) is 2. The van der Waals surface area contributed by atoms with Gasteiger partial charge >= 0.3 is 8.25 Å². The summed E-state index contributed by atoms with van der Waals surface area (Å²) in [5.41, 5.74) is 0. The van der Waals surface area contributed by atoms with Gasteiger partial charge in [0.15, 0.2) is 0 Å². The fourth-order valence-corrected chi connectivity index (χ4v) is 1.94. The molecule has 0 radical (unpaired) electrons. The van der Waals surface area contributed by atoms with Crippen LogP contribution < -0.4 is 0 Å². The van der Waals surface area contributed by atoms with Crippen LogP contribution in [0.25, 0.3) is 0 Å². The Morgan fingerprint density at radius 1 is 1.18 bits per heavy atom. The first-order valence-corrected chi connectivity index (χ1v) is 5.11. The Kier molecular flexibility index (Phi) is 4.98. The van der Waals surface area contributed by atoms with Crippen LogP contribution in [0.3, 0.4) is 0 Å². The minimum Gasteiger partial charge on any atom is -0.326 e. The van der Waals surface area contributed by atoms with E-state index < -0.39 is 8.25 Å². The first-order valence-electron chi connectivity index (χ1n) is 3.84. The highest BCUT2D eigenvalue weighted by Crippen LogP contribution is 2.26. The van der Waals surface area contributed by atoms with E-state index in [4.69, 9.17) is 9.42 Å². The summed E-state index contributed by atoms with van der Waals surface area (Å²) in [5, 5.41) is 0. The largest absolute Gasteiger partial charge is 0.326 e. The van der Waals surface area contributed by atoms with Gasteiger partial charge in [0.2, 0.25) is 0 Å². The lowest BCUT2D eigenvalue weighted by Gasteiger charge is -2.23. The van der Waals surface area contributed by atoms with Gasteiger partial charge in [-0.25, -0.2) is 0 Å². The monoisotopic (exact) mass is 180 g/mol. The van der Waals surface area contributed by atoms with Crippen LogP contribution in [-0.2, 0) is 9.09 Å². The van der Waals surface area contributed by atoms with E-state index in [0.29, 0.717) is 0 Å². The maximum atomic E-state index is 10.4. The second-order valence-corrected chi connectivity index (χ2v) is 4.10. The predicted octanol–water partition coefficient (Wildman–Crippen LogP) is 2.07. The van der Waals surface area contributed by atoms with Crippen LogP contribution >= 0.6 is 8.25 Å². The third-order valence-electron chi connectivity index (χ3n) is 1.55. The Hall–Kier alpha value is 0.150. The molecule has 4 heteroatoms. The molecule has 0 amide bonds. The van der Waals surface area contributed by atoms with Crippen molar-refractivity contribution in [2.75, 3.05) is 0 Å². The highest BCUT2D eigenvalue weighted by atomic mass is 31.1. The van der Waals surface area contributed by atoms with E-state index in [1.165, 1.54) is 0 Å². The molecule has 0 heterocycles. The highest BCUT2D eigenvalue weighted by molar-refractivity contribution is 7.32. The van der Waals surface area contributed by atoms with Crippen molar-refractivity contribution in [1.82, 2.24) is 0 Å². The second kappa shape index (κ2) is 4.91. The molecule has 0 aliphatic rings. The van der Waals surface area contributed by atoms with Crippen molar-refractivity contribution in [2.24, 2.45) is 11.8 Å². The first kappa shape index (κ1) is 11.2. The Bertz CT molecular complexity index is 126. The summed E-state index contributed by atoms with van der Waals surface area (Å²) in [4.78, 5) is 8.54. The minimum atomic E-state index is -2.77. The normalized spacial score (nSPS) is 14.9. The maximum absolute atomic E-state index is 10.4. The molecule has 0 aromatic carbocycles. The van der Waals surface area contributed by atoms with Crippen molar-refractivity contribution >= 4 is 8.25 Å².